The van der Waals surface area contributed by atoms with Crippen LogP contribution in [0.4, 0.5) is 0 Å². The van der Waals surface area contributed by atoms with E-state index in [9.17, 15) is 13.2 Å². The van der Waals surface area contributed by atoms with Gasteiger partial charge in [-0.2, -0.15) is 0 Å². The van der Waals surface area contributed by atoms with Crippen molar-refractivity contribution in [2.24, 2.45) is 0 Å². The zero-order valence-corrected chi connectivity index (χ0v) is 17.8. The molecule has 3 aromatic carbocycles. The zero-order valence-electron chi connectivity index (χ0n) is 17.0. The fraction of sp³-hybridized carbons (Fsp3) is 0.240. The predicted molar refractivity (Wildman–Crippen MR) is 119 cm³/mol. The minimum Gasteiger partial charge on any atom is -0.466 e. The number of hydrogen-bond acceptors (Lipinski definition) is 4. The molecule has 0 aliphatic heterocycles. The highest BCUT2D eigenvalue weighted by molar-refractivity contribution is 7.90. The molecule has 0 heterocycles. The summed E-state index contributed by atoms with van der Waals surface area (Å²) in [4.78, 5) is 12.4. The molecule has 156 valence electrons. The maximum absolute atomic E-state index is 13.7. The normalized spacial score (nSPS) is 13.4. The highest BCUT2D eigenvalue weighted by atomic mass is 32.2. The molecule has 0 fully saturated rings. The molecule has 5 heteroatoms. The summed E-state index contributed by atoms with van der Waals surface area (Å²) in [6.45, 7) is 2.00. The first kappa shape index (κ1) is 21.8. The Kier molecular flexibility index (Phi) is 7.41. The lowest BCUT2D eigenvalue weighted by Crippen LogP contribution is -2.25. The zero-order chi connectivity index (χ0) is 21.4. The molecular formula is C25H26O4S. The molecule has 0 bridgehead atoms. The van der Waals surface area contributed by atoms with Crippen molar-refractivity contribution in [1.82, 2.24) is 0 Å². The van der Waals surface area contributed by atoms with E-state index in [1.165, 1.54) is 0 Å². The molecule has 0 aliphatic carbocycles. The molecule has 0 aliphatic rings. The van der Waals surface area contributed by atoms with Crippen LogP contribution >= 0.6 is 0 Å². The first-order chi connectivity index (χ1) is 14.5. The number of hydrogen-bond donors (Lipinski definition) is 0. The van der Waals surface area contributed by atoms with Gasteiger partial charge in [-0.05, 0) is 23.6 Å². The van der Waals surface area contributed by atoms with Crippen molar-refractivity contribution in [3.8, 4) is 0 Å². The Morgan fingerprint density at radius 2 is 1.30 bits per heavy atom. The summed E-state index contributed by atoms with van der Waals surface area (Å²) in [6.07, 6.45) is -0.00850. The molecule has 3 aromatic rings. The fourth-order valence-electron chi connectivity index (χ4n) is 3.73. The SMILES string of the molecule is CCOC(=O)CC(c1ccccc1)C(c1ccccc1)S(=O)(=O)Cc1ccccc1. The Hall–Kier alpha value is -2.92. The van der Waals surface area contributed by atoms with E-state index >= 15 is 0 Å². The van der Waals surface area contributed by atoms with E-state index in [0.717, 1.165) is 11.1 Å². The van der Waals surface area contributed by atoms with Crippen LogP contribution in [0.3, 0.4) is 0 Å². The summed E-state index contributed by atoms with van der Waals surface area (Å²) in [5.41, 5.74) is 2.20. The van der Waals surface area contributed by atoms with Crippen LogP contribution in [0.5, 0.6) is 0 Å². The Bertz CT molecular complexity index is 1030. The Labute approximate surface area is 178 Å². The number of benzene rings is 3. The van der Waals surface area contributed by atoms with E-state index < -0.39 is 27.0 Å². The maximum atomic E-state index is 13.7. The molecule has 0 aromatic heterocycles. The van der Waals surface area contributed by atoms with Gasteiger partial charge in [0.1, 0.15) is 0 Å². The number of carbonyl (C=O) groups excluding carboxylic acids is 1. The minimum atomic E-state index is -3.64. The van der Waals surface area contributed by atoms with Crippen LogP contribution < -0.4 is 0 Å². The van der Waals surface area contributed by atoms with Gasteiger partial charge in [0.15, 0.2) is 9.84 Å². The molecule has 0 spiro atoms. The van der Waals surface area contributed by atoms with Crippen LogP contribution in [0.2, 0.25) is 0 Å². The summed E-state index contributed by atoms with van der Waals surface area (Å²) in [5.74, 6) is -1.05. The highest BCUT2D eigenvalue weighted by Crippen LogP contribution is 2.41. The molecule has 0 amide bonds. The molecular weight excluding hydrogens is 396 g/mol. The summed E-state index contributed by atoms with van der Waals surface area (Å²) in [5, 5.41) is -0.870. The van der Waals surface area contributed by atoms with Gasteiger partial charge in [-0.3, -0.25) is 4.79 Å². The first-order valence-electron chi connectivity index (χ1n) is 10.0. The van der Waals surface area contributed by atoms with Gasteiger partial charge in [-0.25, -0.2) is 8.42 Å². The van der Waals surface area contributed by atoms with E-state index in [-0.39, 0.29) is 18.8 Å². The molecule has 30 heavy (non-hydrogen) atoms. The molecule has 0 radical (unpaired) electrons. The molecule has 0 saturated heterocycles. The van der Waals surface area contributed by atoms with Crippen molar-refractivity contribution in [1.29, 1.82) is 0 Å². The van der Waals surface area contributed by atoms with Crippen LogP contribution in [-0.4, -0.2) is 21.0 Å². The molecule has 3 rings (SSSR count). The second kappa shape index (κ2) is 10.2. The van der Waals surface area contributed by atoms with Crippen LogP contribution in [0.1, 0.15) is 41.2 Å². The topological polar surface area (TPSA) is 60.4 Å². The standard InChI is InChI=1S/C25H26O4S/c1-2-29-24(26)18-23(21-14-8-4-9-15-21)25(22-16-10-5-11-17-22)30(27,28)19-20-12-6-3-7-13-20/h3-17,23,25H,2,18-19H2,1H3. The quantitative estimate of drug-likeness (QED) is 0.451. The van der Waals surface area contributed by atoms with Crippen LogP contribution in [0, 0.1) is 0 Å². The van der Waals surface area contributed by atoms with Crippen LogP contribution in [0.15, 0.2) is 91.0 Å². The van der Waals surface area contributed by atoms with Crippen molar-refractivity contribution < 1.29 is 17.9 Å². The van der Waals surface area contributed by atoms with Crippen LogP contribution in [0.25, 0.3) is 0 Å². The van der Waals surface area contributed by atoms with E-state index in [4.69, 9.17) is 4.74 Å². The second-order valence-electron chi connectivity index (χ2n) is 7.15. The van der Waals surface area contributed by atoms with Crippen LogP contribution in [-0.2, 0) is 25.1 Å². The van der Waals surface area contributed by atoms with Crippen molar-refractivity contribution in [3.05, 3.63) is 108 Å². The van der Waals surface area contributed by atoms with Gasteiger partial charge in [-0.1, -0.05) is 91.0 Å². The summed E-state index contributed by atoms with van der Waals surface area (Å²) < 4.78 is 32.6. The van der Waals surface area contributed by atoms with E-state index in [0.29, 0.717) is 5.56 Å². The molecule has 0 N–H and O–H groups in total. The lowest BCUT2D eigenvalue weighted by atomic mass is 9.88. The number of sulfone groups is 1. The van der Waals surface area contributed by atoms with Gasteiger partial charge in [0.2, 0.25) is 0 Å². The van der Waals surface area contributed by atoms with Gasteiger partial charge in [0, 0.05) is 5.92 Å². The van der Waals surface area contributed by atoms with E-state index in [1.807, 2.05) is 91.0 Å². The first-order valence-corrected chi connectivity index (χ1v) is 11.7. The maximum Gasteiger partial charge on any atom is 0.306 e. The van der Waals surface area contributed by atoms with Crippen molar-refractivity contribution in [2.75, 3.05) is 6.61 Å². The lowest BCUT2D eigenvalue weighted by Gasteiger charge is -2.27. The summed E-state index contributed by atoms with van der Waals surface area (Å²) >= 11 is 0. The Morgan fingerprint density at radius 3 is 1.83 bits per heavy atom. The summed E-state index contributed by atoms with van der Waals surface area (Å²) in [7, 11) is -3.64. The fourth-order valence-corrected chi connectivity index (χ4v) is 5.89. The van der Waals surface area contributed by atoms with E-state index in [2.05, 4.69) is 0 Å². The van der Waals surface area contributed by atoms with Gasteiger partial charge >= 0.3 is 5.97 Å². The van der Waals surface area contributed by atoms with Gasteiger partial charge in [-0.15, -0.1) is 0 Å². The molecule has 4 nitrogen and oxygen atoms in total. The third-order valence-electron chi connectivity index (χ3n) is 5.01. The number of esters is 1. The number of ether oxygens (including phenoxy) is 1. The number of carbonyl (C=O) groups is 1. The monoisotopic (exact) mass is 422 g/mol. The average Bonchev–Trinajstić information content (AvgIpc) is 2.75. The smallest absolute Gasteiger partial charge is 0.306 e. The predicted octanol–water partition coefficient (Wildman–Crippen LogP) is 5.08. The summed E-state index contributed by atoms with van der Waals surface area (Å²) in [6, 6.07) is 27.6. The largest absolute Gasteiger partial charge is 0.466 e. The Morgan fingerprint density at radius 1 is 0.800 bits per heavy atom. The van der Waals surface area contributed by atoms with Gasteiger partial charge in [0.05, 0.1) is 24.0 Å². The third kappa shape index (κ3) is 5.57. The molecule has 0 saturated carbocycles. The molecule has 2 atom stereocenters. The van der Waals surface area contributed by atoms with Crippen molar-refractivity contribution in [2.45, 2.75) is 30.3 Å². The lowest BCUT2D eigenvalue weighted by molar-refractivity contribution is -0.143. The van der Waals surface area contributed by atoms with Crippen molar-refractivity contribution >= 4 is 15.8 Å². The van der Waals surface area contributed by atoms with Gasteiger partial charge < -0.3 is 4.74 Å². The molecule has 2 unspecified atom stereocenters. The van der Waals surface area contributed by atoms with E-state index in [1.54, 1.807) is 6.92 Å². The third-order valence-corrected chi connectivity index (χ3v) is 7.12. The highest BCUT2D eigenvalue weighted by Gasteiger charge is 2.37. The van der Waals surface area contributed by atoms with Crippen molar-refractivity contribution in [3.63, 3.8) is 0 Å². The van der Waals surface area contributed by atoms with Gasteiger partial charge in [0.25, 0.3) is 0 Å². The Balaban J connectivity index is 2.09. The minimum absolute atomic E-state index is 0.00850. The second-order valence-corrected chi connectivity index (χ2v) is 9.27. The average molecular weight is 423 g/mol. The number of rotatable bonds is 9.